The molecule has 3 aromatic rings. The van der Waals surface area contributed by atoms with Crippen molar-refractivity contribution in [1.82, 2.24) is 0 Å². The molecule has 0 aliphatic rings. The van der Waals surface area contributed by atoms with Crippen LogP contribution in [-0.2, 0) is 14.8 Å². The van der Waals surface area contributed by atoms with Gasteiger partial charge in [0.25, 0.3) is 10.0 Å². The van der Waals surface area contributed by atoms with E-state index in [1.807, 2.05) is 37.3 Å². The van der Waals surface area contributed by atoms with Gasteiger partial charge in [-0.25, -0.2) is 8.42 Å². The van der Waals surface area contributed by atoms with Crippen molar-refractivity contribution in [2.24, 2.45) is 0 Å². The number of fused-ring (bicyclic) bond motifs is 1. The first-order valence-electron chi connectivity index (χ1n) is 9.02. The number of sulfonamides is 1. The summed E-state index contributed by atoms with van der Waals surface area (Å²) >= 11 is 0. The van der Waals surface area contributed by atoms with E-state index in [2.05, 4.69) is 10.0 Å². The van der Waals surface area contributed by atoms with Crippen molar-refractivity contribution in [2.75, 3.05) is 16.6 Å². The Morgan fingerprint density at radius 2 is 1.71 bits per heavy atom. The molecule has 0 heterocycles. The van der Waals surface area contributed by atoms with Gasteiger partial charge >= 0.3 is 0 Å². The number of benzene rings is 3. The SMILES string of the molecule is CCOc1ccc(S(=O)(=O)Nc2cccc3ccccc23)cc1NC(=O)CC. The molecular weight excluding hydrogens is 376 g/mol. The molecule has 2 N–H and O–H groups in total. The average Bonchev–Trinajstić information content (AvgIpc) is 2.69. The highest BCUT2D eigenvalue weighted by Gasteiger charge is 2.18. The Hall–Kier alpha value is -3.06. The van der Waals surface area contributed by atoms with E-state index in [1.54, 1.807) is 25.1 Å². The fourth-order valence-electron chi connectivity index (χ4n) is 2.81. The first kappa shape index (κ1) is 19.7. The highest BCUT2D eigenvalue weighted by Crippen LogP contribution is 2.30. The van der Waals surface area contributed by atoms with Crippen molar-refractivity contribution < 1.29 is 17.9 Å². The summed E-state index contributed by atoms with van der Waals surface area (Å²) in [5.41, 5.74) is 0.820. The molecule has 0 aromatic heterocycles. The largest absolute Gasteiger partial charge is 0.492 e. The van der Waals surface area contributed by atoms with Crippen LogP contribution >= 0.6 is 0 Å². The van der Waals surface area contributed by atoms with Crippen LogP contribution in [0.4, 0.5) is 11.4 Å². The van der Waals surface area contributed by atoms with Crippen LogP contribution in [-0.4, -0.2) is 20.9 Å². The highest BCUT2D eigenvalue weighted by molar-refractivity contribution is 7.92. The van der Waals surface area contributed by atoms with E-state index < -0.39 is 10.0 Å². The standard InChI is InChI=1S/C21H22N2O4S/c1-3-21(24)22-19-14-16(12-13-20(19)27-4-2)28(25,26)23-18-11-7-9-15-8-5-6-10-17(15)18/h5-14,23H,3-4H2,1-2H3,(H,22,24). The lowest BCUT2D eigenvalue weighted by Crippen LogP contribution is -2.15. The summed E-state index contributed by atoms with van der Waals surface area (Å²) in [6, 6.07) is 17.4. The number of rotatable bonds is 7. The van der Waals surface area contributed by atoms with E-state index in [1.165, 1.54) is 12.1 Å². The van der Waals surface area contributed by atoms with Gasteiger partial charge in [-0.15, -0.1) is 0 Å². The smallest absolute Gasteiger partial charge is 0.261 e. The van der Waals surface area contributed by atoms with Crippen LogP contribution in [0.2, 0.25) is 0 Å². The zero-order valence-electron chi connectivity index (χ0n) is 15.7. The van der Waals surface area contributed by atoms with Crippen molar-refractivity contribution in [1.29, 1.82) is 0 Å². The number of hydrogen-bond donors (Lipinski definition) is 2. The number of hydrogen-bond acceptors (Lipinski definition) is 4. The van der Waals surface area contributed by atoms with Gasteiger partial charge in [-0.3, -0.25) is 9.52 Å². The Balaban J connectivity index is 1.98. The molecule has 0 unspecified atom stereocenters. The molecule has 146 valence electrons. The Kier molecular flexibility index (Phi) is 5.84. The van der Waals surface area contributed by atoms with Crippen molar-refractivity contribution in [3.05, 3.63) is 60.7 Å². The molecule has 3 rings (SSSR count). The fourth-order valence-corrected chi connectivity index (χ4v) is 3.92. The number of carbonyl (C=O) groups is 1. The molecule has 28 heavy (non-hydrogen) atoms. The molecule has 0 saturated carbocycles. The fraction of sp³-hybridized carbons (Fsp3) is 0.190. The molecule has 0 spiro atoms. The molecule has 3 aromatic carbocycles. The first-order chi connectivity index (χ1) is 13.4. The molecule has 0 aliphatic carbocycles. The Bertz CT molecular complexity index is 1110. The van der Waals surface area contributed by atoms with Gasteiger partial charge in [0.05, 0.1) is 22.9 Å². The molecule has 1 amide bonds. The second-order valence-electron chi connectivity index (χ2n) is 6.12. The van der Waals surface area contributed by atoms with Gasteiger partial charge in [0.1, 0.15) is 5.75 Å². The number of carbonyl (C=O) groups excluding carboxylic acids is 1. The van der Waals surface area contributed by atoms with Crippen molar-refractivity contribution >= 4 is 38.1 Å². The summed E-state index contributed by atoms with van der Waals surface area (Å²) in [5.74, 6) is 0.200. The third kappa shape index (κ3) is 4.26. The lowest BCUT2D eigenvalue weighted by atomic mass is 10.1. The number of amides is 1. The van der Waals surface area contributed by atoms with E-state index >= 15 is 0 Å². The normalized spacial score (nSPS) is 11.2. The van der Waals surface area contributed by atoms with Gasteiger partial charge < -0.3 is 10.1 Å². The Labute approximate surface area is 164 Å². The van der Waals surface area contributed by atoms with Crippen molar-refractivity contribution in [2.45, 2.75) is 25.2 Å². The van der Waals surface area contributed by atoms with Crippen molar-refractivity contribution in [3.63, 3.8) is 0 Å². The van der Waals surface area contributed by atoms with Crippen LogP contribution in [0.25, 0.3) is 10.8 Å². The number of ether oxygens (including phenoxy) is 1. The van der Waals surface area contributed by atoms with E-state index in [0.717, 1.165) is 10.8 Å². The summed E-state index contributed by atoms with van der Waals surface area (Å²) in [6.07, 6.45) is 0.275. The summed E-state index contributed by atoms with van der Waals surface area (Å²) in [6.45, 7) is 3.94. The summed E-state index contributed by atoms with van der Waals surface area (Å²) in [4.78, 5) is 11.8. The monoisotopic (exact) mass is 398 g/mol. The summed E-state index contributed by atoms with van der Waals surface area (Å²) in [7, 11) is -3.86. The topological polar surface area (TPSA) is 84.5 Å². The number of nitrogens with one attached hydrogen (secondary N) is 2. The van der Waals surface area contributed by atoms with Gasteiger partial charge in [-0.05, 0) is 36.6 Å². The predicted octanol–water partition coefficient (Wildman–Crippen LogP) is 4.39. The zero-order valence-corrected chi connectivity index (χ0v) is 16.5. The molecule has 0 saturated heterocycles. The average molecular weight is 398 g/mol. The van der Waals surface area contributed by atoms with Gasteiger partial charge in [0, 0.05) is 11.8 Å². The maximum absolute atomic E-state index is 13.0. The van der Waals surface area contributed by atoms with Crippen LogP contribution in [0.5, 0.6) is 5.75 Å². The molecule has 0 bridgehead atoms. The molecule has 0 atom stereocenters. The molecule has 0 aliphatic heterocycles. The van der Waals surface area contributed by atoms with Crippen LogP contribution in [0.15, 0.2) is 65.6 Å². The number of anilines is 2. The van der Waals surface area contributed by atoms with E-state index in [0.29, 0.717) is 23.7 Å². The van der Waals surface area contributed by atoms with Crippen molar-refractivity contribution in [3.8, 4) is 5.75 Å². The van der Waals surface area contributed by atoms with Gasteiger partial charge in [0.15, 0.2) is 0 Å². The van der Waals surface area contributed by atoms with Crippen LogP contribution in [0.1, 0.15) is 20.3 Å². The minimum absolute atomic E-state index is 0.0373. The molecular formula is C21H22N2O4S. The predicted molar refractivity (Wildman–Crippen MR) is 111 cm³/mol. The molecule has 6 nitrogen and oxygen atoms in total. The Morgan fingerprint density at radius 1 is 0.964 bits per heavy atom. The van der Waals surface area contributed by atoms with E-state index in [4.69, 9.17) is 4.74 Å². The Morgan fingerprint density at radius 3 is 2.46 bits per heavy atom. The molecule has 7 heteroatoms. The molecule has 0 fully saturated rings. The zero-order chi connectivity index (χ0) is 20.1. The highest BCUT2D eigenvalue weighted by atomic mass is 32.2. The summed E-state index contributed by atoms with van der Waals surface area (Å²) in [5, 5.41) is 4.43. The minimum Gasteiger partial charge on any atom is -0.492 e. The van der Waals surface area contributed by atoms with E-state index in [9.17, 15) is 13.2 Å². The maximum Gasteiger partial charge on any atom is 0.261 e. The third-order valence-corrected chi connectivity index (χ3v) is 5.55. The van der Waals surface area contributed by atoms with Crippen LogP contribution in [0.3, 0.4) is 0 Å². The van der Waals surface area contributed by atoms with Gasteiger partial charge in [-0.2, -0.15) is 0 Å². The van der Waals surface area contributed by atoms with Gasteiger partial charge in [-0.1, -0.05) is 43.3 Å². The first-order valence-corrected chi connectivity index (χ1v) is 10.5. The lowest BCUT2D eigenvalue weighted by molar-refractivity contribution is -0.115. The van der Waals surface area contributed by atoms with Gasteiger partial charge in [0.2, 0.25) is 5.91 Å². The molecule has 0 radical (unpaired) electrons. The second-order valence-corrected chi connectivity index (χ2v) is 7.81. The lowest BCUT2D eigenvalue weighted by Gasteiger charge is -2.15. The second kappa shape index (κ2) is 8.31. The van der Waals surface area contributed by atoms with Crippen LogP contribution in [0, 0.1) is 0 Å². The van der Waals surface area contributed by atoms with Crippen LogP contribution < -0.4 is 14.8 Å². The van der Waals surface area contributed by atoms with E-state index in [-0.39, 0.29) is 17.2 Å². The minimum atomic E-state index is -3.86. The third-order valence-electron chi connectivity index (χ3n) is 4.19. The summed E-state index contributed by atoms with van der Waals surface area (Å²) < 4.78 is 34.1. The quantitative estimate of drug-likeness (QED) is 0.618. The maximum atomic E-state index is 13.0.